The van der Waals surface area contributed by atoms with E-state index in [4.69, 9.17) is 4.74 Å². The molecule has 182 valence electrons. The summed E-state index contributed by atoms with van der Waals surface area (Å²) in [6.45, 7) is 6.21. The Morgan fingerprint density at radius 2 is 1.74 bits per heavy atom. The second kappa shape index (κ2) is 8.18. The van der Waals surface area contributed by atoms with Gasteiger partial charge in [-0.15, -0.1) is 0 Å². The highest BCUT2D eigenvalue weighted by Gasteiger charge is 2.60. The number of carbonyl (C=O) groups is 2. The van der Waals surface area contributed by atoms with E-state index in [1.54, 1.807) is 0 Å². The molecule has 3 heteroatoms. The van der Waals surface area contributed by atoms with Gasteiger partial charge in [0.05, 0.1) is 0 Å². The van der Waals surface area contributed by atoms with Crippen molar-refractivity contribution in [3.63, 3.8) is 0 Å². The minimum absolute atomic E-state index is 0.0294. The van der Waals surface area contributed by atoms with Gasteiger partial charge in [0.15, 0.2) is 5.78 Å². The number of hydrogen-bond donors (Lipinski definition) is 0. The lowest BCUT2D eigenvalue weighted by atomic mass is 9.48. The van der Waals surface area contributed by atoms with E-state index < -0.39 is 0 Å². The van der Waals surface area contributed by atoms with Crippen molar-refractivity contribution in [1.29, 1.82) is 0 Å². The minimum Gasteiger partial charge on any atom is -0.462 e. The number of ether oxygens (including phenoxy) is 1. The van der Waals surface area contributed by atoms with Crippen molar-refractivity contribution in [2.45, 2.75) is 71.8 Å². The second-order valence-electron chi connectivity index (χ2n) is 12.0. The number of allylic oxidation sites excluding steroid dienone is 2. The molecule has 3 saturated carbocycles. The largest absolute Gasteiger partial charge is 0.462 e. The fourth-order valence-electron chi connectivity index (χ4n) is 8.26. The van der Waals surface area contributed by atoms with Crippen molar-refractivity contribution >= 4 is 28.6 Å². The molecule has 6 atom stereocenters. The number of benzene rings is 2. The summed E-state index contributed by atoms with van der Waals surface area (Å²) < 4.78 is 5.59. The molecule has 0 N–H and O–H groups in total. The Bertz CT molecular complexity index is 1270. The normalized spacial score (nSPS) is 37.4. The fourth-order valence-corrected chi connectivity index (χ4v) is 8.26. The SMILES string of the molecule is CC(=O)OC1CCC2(C)C(=CCC3C4C/C(=C\c5ccc6ccccc6c5)C(=O)C4(C)CCC32)C1. The van der Waals surface area contributed by atoms with Gasteiger partial charge in [-0.25, -0.2) is 0 Å². The lowest BCUT2D eigenvalue weighted by Crippen LogP contribution is -2.50. The van der Waals surface area contributed by atoms with Gasteiger partial charge in [-0.3, -0.25) is 9.59 Å². The smallest absolute Gasteiger partial charge is 0.302 e. The van der Waals surface area contributed by atoms with Crippen molar-refractivity contribution in [2.75, 3.05) is 0 Å². The highest BCUT2D eigenvalue weighted by Crippen LogP contribution is 2.64. The van der Waals surface area contributed by atoms with E-state index >= 15 is 0 Å². The number of carbonyl (C=O) groups excluding carboxylic acids is 2. The Morgan fingerprint density at radius 1 is 0.971 bits per heavy atom. The topological polar surface area (TPSA) is 43.4 Å². The highest BCUT2D eigenvalue weighted by atomic mass is 16.5. The molecule has 4 aliphatic rings. The zero-order chi connectivity index (χ0) is 24.4. The molecule has 0 aliphatic heterocycles. The van der Waals surface area contributed by atoms with Crippen LogP contribution in [0.1, 0.15) is 71.3 Å². The fraction of sp³-hybridized carbons (Fsp3) is 0.500. The predicted molar refractivity (Wildman–Crippen MR) is 140 cm³/mol. The molecule has 3 nitrogen and oxygen atoms in total. The molecule has 6 rings (SSSR count). The van der Waals surface area contributed by atoms with Gasteiger partial charge in [-0.05, 0) is 95.7 Å². The quantitative estimate of drug-likeness (QED) is 0.264. The predicted octanol–water partition coefficient (Wildman–Crippen LogP) is 7.30. The average molecular weight is 469 g/mol. The van der Waals surface area contributed by atoms with E-state index in [-0.39, 0.29) is 22.9 Å². The summed E-state index contributed by atoms with van der Waals surface area (Å²) >= 11 is 0. The first kappa shape index (κ1) is 22.8. The Balaban J connectivity index is 1.29. The first-order valence-corrected chi connectivity index (χ1v) is 13.4. The number of ketones is 1. The lowest BCUT2D eigenvalue weighted by Gasteiger charge is -2.56. The standard InChI is InChI=1S/C32H36O3/c1-20(33)35-26-12-14-31(2)25(19-26)10-11-27-28(31)13-15-32(3)29(27)18-24(30(32)34)17-21-8-9-22-6-4-5-7-23(22)16-21/h4-10,16-17,26-29H,11-15,18-19H2,1-3H3/b24-17+. The van der Waals surface area contributed by atoms with Crippen LogP contribution in [-0.2, 0) is 14.3 Å². The van der Waals surface area contributed by atoms with Crippen LogP contribution in [0.15, 0.2) is 59.7 Å². The molecule has 0 amide bonds. The molecule has 6 unspecified atom stereocenters. The van der Waals surface area contributed by atoms with Gasteiger partial charge in [0, 0.05) is 18.8 Å². The molecule has 3 fully saturated rings. The molecule has 4 aliphatic carbocycles. The van der Waals surface area contributed by atoms with Crippen LogP contribution in [-0.4, -0.2) is 17.9 Å². The summed E-state index contributed by atoms with van der Waals surface area (Å²) in [5, 5.41) is 2.45. The van der Waals surface area contributed by atoms with Crippen molar-refractivity contribution in [2.24, 2.45) is 28.6 Å². The number of fused-ring (bicyclic) bond motifs is 6. The van der Waals surface area contributed by atoms with Gasteiger partial charge in [0.25, 0.3) is 0 Å². The van der Waals surface area contributed by atoms with Crippen molar-refractivity contribution in [1.82, 2.24) is 0 Å². The molecule has 0 bridgehead atoms. The number of rotatable bonds is 2. The van der Waals surface area contributed by atoms with Gasteiger partial charge in [0.2, 0.25) is 0 Å². The van der Waals surface area contributed by atoms with Gasteiger partial charge in [-0.2, -0.15) is 0 Å². The van der Waals surface area contributed by atoms with Crippen molar-refractivity contribution < 1.29 is 14.3 Å². The second-order valence-corrected chi connectivity index (χ2v) is 12.0. The van der Waals surface area contributed by atoms with Crippen LogP contribution in [0.2, 0.25) is 0 Å². The molecular weight excluding hydrogens is 432 g/mol. The molecule has 0 saturated heterocycles. The molecule has 0 heterocycles. The van der Waals surface area contributed by atoms with Gasteiger partial charge in [0.1, 0.15) is 6.10 Å². The monoisotopic (exact) mass is 468 g/mol. The molecule has 0 aromatic heterocycles. The number of esters is 1. The first-order chi connectivity index (χ1) is 16.8. The summed E-state index contributed by atoms with van der Waals surface area (Å²) in [5.74, 6) is 1.80. The van der Waals surface area contributed by atoms with Gasteiger partial charge >= 0.3 is 5.97 Å². The van der Waals surface area contributed by atoms with E-state index in [0.29, 0.717) is 23.5 Å². The molecule has 35 heavy (non-hydrogen) atoms. The number of Topliss-reactive ketones (excluding diaryl/α,β-unsaturated/α-hetero) is 1. The molecule has 0 spiro atoms. The van der Waals surface area contributed by atoms with E-state index in [0.717, 1.165) is 56.1 Å². The Hall–Kier alpha value is -2.68. The summed E-state index contributed by atoms with van der Waals surface area (Å²) in [6, 6.07) is 14.9. The summed E-state index contributed by atoms with van der Waals surface area (Å²) in [6.07, 6.45) is 11.6. The van der Waals surface area contributed by atoms with E-state index in [1.165, 1.54) is 23.3 Å². The van der Waals surface area contributed by atoms with E-state index in [2.05, 4.69) is 68.5 Å². The van der Waals surface area contributed by atoms with E-state index in [9.17, 15) is 9.59 Å². The number of hydrogen-bond acceptors (Lipinski definition) is 3. The maximum absolute atomic E-state index is 13.8. The third kappa shape index (κ3) is 3.61. The maximum Gasteiger partial charge on any atom is 0.302 e. The van der Waals surface area contributed by atoms with Crippen LogP contribution in [0.3, 0.4) is 0 Å². The molecule has 2 aromatic rings. The Labute approximate surface area is 208 Å². The van der Waals surface area contributed by atoms with Crippen molar-refractivity contribution in [3.05, 3.63) is 65.3 Å². The third-order valence-corrected chi connectivity index (χ3v) is 10.1. The van der Waals surface area contributed by atoms with Crippen LogP contribution in [0.25, 0.3) is 16.8 Å². The van der Waals surface area contributed by atoms with Crippen LogP contribution in [0.4, 0.5) is 0 Å². The molecular formula is C32H36O3. The maximum atomic E-state index is 13.8. The first-order valence-electron chi connectivity index (χ1n) is 13.4. The van der Waals surface area contributed by atoms with E-state index in [1.807, 2.05) is 0 Å². The van der Waals surface area contributed by atoms with Gasteiger partial charge < -0.3 is 4.74 Å². The van der Waals surface area contributed by atoms with Crippen molar-refractivity contribution in [3.8, 4) is 0 Å². The Kier molecular flexibility index (Phi) is 5.32. The molecule has 0 radical (unpaired) electrons. The zero-order valence-electron chi connectivity index (χ0n) is 21.2. The zero-order valence-corrected chi connectivity index (χ0v) is 21.2. The van der Waals surface area contributed by atoms with Gasteiger partial charge in [-0.1, -0.05) is 61.9 Å². The van der Waals surface area contributed by atoms with Crippen LogP contribution in [0.5, 0.6) is 0 Å². The lowest BCUT2D eigenvalue weighted by molar-refractivity contribution is -0.148. The van der Waals surface area contributed by atoms with Crippen LogP contribution >= 0.6 is 0 Å². The minimum atomic E-state index is -0.236. The van der Waals surface area contributed by atoms with Crippen LogP contribution in [0, 0.1) is 28.6 Å². The van der Waals surface area contributed by atoms with Crippen LogP contribution < -0.4 is 0 Å². The average Bonchev–Trinajstić information content (AvgIpc) is 3.09. The summed E-state index contributed by atoms with van der Waals surface area (Å²) in [5.41, 5.74) is 3.59. The third-order valence-electron chi connectivity index (χ3n) is 10.1. The Morgan fingerprint density at radius 3 is 2.54 bits per heavy atom. The summed E-state index contributed by atoms with van der Waals surface area (Å²) in [7, 11) is 0. The molecule has 2 aromatic carbocycles. The summed E-state index contributed by atoms with van der Waals surface area (Å²) in [4.78, 5) is 25.3. The highest BCUT2D eigenvalue weighted by molar-refractivity contribution is 6.06.